The van der Waals surface area contributed by atoms with Crippen LogP contribution in [0.5, 0.6) is 0 Å². The van der Waals surface area contributed by atoms with Crippen LogP contribution in [0.4, 0.5) is 0 Å². The Labute approximate surface area is 112 Å². The van der Waals surface area contributed by atoms with Crippen molar-refractivity contribution >= 4 is 0 Å². The van der Waals surface area contributed by atoms with E-state index in [1.807, 2.05) is 13.8 Å². The first-order valence-electron chi connectivity index (χ1n) is 6.97. The van der Waals surface area contributed by atoms with Crippen molar-refractivity contribution in [2.45, 2.75) is 52.0 Å². The van der Waals surface area contributed by atoms with Gasteiger partial charge in [-0.3, -0.25) is 0 Å². The van der Waals surface area contributed by atoms with Gasteiger partial charge in [-0.1, -0.05) is 13.8 Å². The van der Waals surface area contributed by atoms with Crippen molar-refractivity contribution in [3.05, 3.63) is 0 Å². The summed E-state index contributed by atoms with van der Waals surface area (Å²) in [7, 11) is 4.23. The highest BCUT2D eigenvalue weighted by Gasteiger charge is 2.29. The molecule has 0 saturated carbocycles. The summed E-state index contributed by atoms with van der Waals surface area (Å²) in [6.07, 6.45) is 1.18. The van der Waals surface area contributed by atoms with Crippen molar-refractivity contribution in [3.63, 3.8) is 0 Å². The van der Waals surface area contributed by atoms with Gasteiger partial charge in [-0.05, 0) is 40.3 Å². The molecule has 1 saturated heterocycles. The van der Waals surface area contributed by atoms with Crippen molar-refractivity contribution in [2.75, 3.05) is 33.9 Å². The number of nitrogens with one attached hydrogen (secondary N) is 1. The van der Waals surface area contributed by atoms with Gasteiger partial charge in [0.05, 0.1) is 19.3 Å². The zero-order valence-electron chi connectivity index (χ0n) is 12.8. The molecule has 108 valence electrons. The van der Waals surface area contributed by atoms with Crippen molar-refractivity contribution < 1.29 is 9.47 Å². The SMILES string of the molecule is CC(C)CC(CN(C)C)NC1COC(C)(C)OC1. The van der Waals surface area contributed by atoms with Gasteiger partial charge in [-0.2, -0.15) is 0 Å². The summed E-state index contributed by atoms with van der Waals surface area (Å²) in [5.41, 5.74) is 0. The molecule has 1 fully saturated rings. The number of nitrogens with zero attached hydrogens (tertiary/aromatic N) is 1. The third-order valence-corrected chi connectivity index (χ3v) is 3.08. The highest BCUT2D eigenvalue weighted by Crippen LogP contribution is 2.18. The minimum atomic E-state index is -0.423. The third kappa shape index (κ3) is 6.14. The highest BCUT2D eigenvalue weighted by molar-refractivity contribution is 4.80. The molecule has 1 heterocycles. The van der Waals surface area contributed by atoms with E-state index in [-0.39, 0.29) is 0 Å². The molecule has 0 aromatic heterocycles. The van der Waals surface area contributed by atoms with Crippen LogP contribution in [0.3, 0.4) is 0 Å². The van der Waals surface area contributed by atoms with Gasteiger partial charge in [0.1, 0.15) is 0 Å². The van der Waals surface area contributed by atoms with Crippen LogP contribution in [0.2, 0.25) is 0 Å². The normalized spacial score (nSPS) is 22.7. The molecular weight excluding hydrogens is 228 g/mol. The summed E-state index contributed by atoms with van der Waals surface area (Å²) in [6, 6.07) is 0.806. The molecule has 4 nitrogen and oxygen atoms in total. The molecule has 1 rings (SSSR count). The van der Waals surface area contributed by atoms with Crippen LogP contribution >= 0.6 is 0 Å². The maximum absolute atomic E-state index is 5.69. The van der Waals surface area contributed by atoms with E-state index in [1.165, 1.54) is 6.42 Å². The second kappa shape index (κ2) is 6.85. The van der Waals surface area contributed by atoms with Gasteiger partial charge in [-0.25, -0.2) is 0 Å². The van der Waals surface area contributed by atoms with Gasteiger partial charge < -0.3 is 19.7 Å². The summed E-state index contributed by atoms with van der Waals surface area (Å²) >= 11 is 0. The molecule has 1 unspecified atom stereocenters. The van der Waals surface area contributed by atoms with Crippen molar-refractivity contribution in [1.29, 1.82) is 0 Å². The molecule has 0 aromatic carbocycles. The predicted molar refractivity (Wildman–Crippen MR) is 74.7 cm³/mol. The second-order valence-corrected chi connectivity index (χ2v) is 6.47. The van der Waals surface area contributed by atoms with Crippen LogP contribution in [0.15, 0.2) is 0 Å². The zero-order valence-corrected chi connectivity index (χ0v) is 12.8. The number of likely N-dealkylation sites (N-methyl/N-ethyl adjacent to an activating group) is 1. The molecular formula is C14H30N2O2. The van der Waals surface area contributed by atoms with Crippen LogP contribution in [0.25, 0.3) is 0 Å². The second-order valence-electron chi connectivity index (χ2n) is 6.47. The Morgan fingerprint density at radius 1 is 1.22 bits per heavy atom. The van der Waals surface area contributed by atoms with E-state index in [2.05, 4.69) is 38.2 Å². The van der Waals surface area contributed by atoms with Gasteiger partial charge in [-0.15, -0.1) is 0 Å². The number of ether oxygens (including phenoxy) is 2. The predicted octanol–water partition coefficient (Wildman–Crippen LogP) is 1.70. The molecule has 0 bridgehead atoms. The highest BCUT2D eigenvalue weighted by atomic mass is 16.7. The number of hydrogen-bond acceptors (Lipinski definition) is 4. The molecule has 1 N–H and O–H groups in total. The quantitative estimate of drug-likeness (QED) is 0.786. The molecule has 18 heavy (non-hydrogen) atoms. The maximum atomic E-state index is 5.69. The maximum Gasteiger partial charge on any atom is 0.162 e. The molecule has 0 spiro atoms. The Morgan fingerprint density at radius 2 is 1.78 bits per heavy atom. The van der Waals surface area contributed by atoms with E-state index in [0.29, 0.717) is 18.0 Å². The van der Waals surface area contributed by atoms with Crippen LogP contribution in [-0.4, -0.2) is 56.6 Å². The van der Waals surface area contributed by atoms with Crippen LogP contribution in [-0.2, 0) is 9.47 Å². The first-order valence-corrected chi connectivity index (χ1v) is 6.97. The first-order chi connectivity index (χ1) is 8.28. The summed E-state index contributed by atoms with van der Waals surface area (Å²) in [4.78, 5) is 2.23. The minimum Gasteiger partial charge on any atom is -0.349 e. The van der Waals surface area contributed by atoms with E-state index in [1.54, 1.807) is 0 Å². The Kier molecular flexibility index (Phi) is 6.05. The molecule has 0 aromatic rings. The third-order valence-electron chi connectivity index (χ3n) is 3.08. The summed E-state index contributed by atoms with van der Waals surface area (Å²) < 4.78 is 11.4. The Hall–Kier alpha value is -0.160. The monoisotopic (exact) mass is 258 g/mol. The lowest BCUT2D eigenvalue weighted by Crippen LogP contribution is -2.53. The van der Waals surface area contributed by atoms with Crippen LogP contribution < -0.4 is 5.32 Å². The Morgan fingerprint density at radius 3 is 2.22 bits per heavy atom. The Balaban J connectivity index is 2.40. The Bertz CT molecular complexity index is 222. The van der Waals surface area contributed by atoms with Crippen molar-refractivity contribution in [1.82, 2.24) is 10.2 Å². The molecule has 1 aliphatic rings. The van der Waals surface area contributed by atoms with Gasteiger partial charge in [0.2, 0.25) is 0 Å². The molecule has 1 aliphatic heterocycles. The lowest BCUT2D eigenvalue weighted by molar-refractivity contribution is -0.253. The average molecular weight is 258 g/mol. The topological polar surface area (TPSA) is 33.7 Å². The fraction of sp³-hybridized carbons (Fsp3) is 1.00. The van der Waals surface area contributed by atoms with Crippen LogP contribution in [0.1, 0.15) is 34.1 Å². The largest absolute Gasteiger partial charge is 0.349 e. The molecule has 0 aliphatic carbocycles. The lowest BCUT2D eigenvalue weighted by atomic mass is 10.0. The summed E-state index contributed by atoms with van der Waals surface area (Å²) in [5, 5.41) is 3.66. The van der Waals surface area contributed by atoms with E-state index < -0.39 is 5.79 Å². The fourth-order valence-corrected chi connectivity index (χ4v) is 2.33. The minimum absolute atomic E-state index is 0.307. The van der Waals surface area contributed by atoms with Crippen molar-refractivity contribution in [2.24, 2.45) is 5.92 Å². The summed E-state index contributed by atoms with van der Waals surface area (Å²) in [5.74, 6) is 0.275. The summed E-state index contributed by atoms with van der Waals surface area (Å²) in [6.45, 7) is 11.0. The average Bonchev–Trinajstić information content (AvgIpc) is 2.19. The smallest absolute Gasteiger partial charge is 0.162 e. The molecule has 4 heteroatoms. The van der Waals surface area contributed by atoms with Gasteiger partial charge in [0.15, 0.2) is 5.79 Å². The van der Waals surface area contributed by atoms with Crippen LogP contribution in [0, 0.1) is 5.92 Å². The molecule has 0 radical (unpaired) electrons. The van der Waals surface area contributed by atoms with E-state index in [0.717, 1.165) is 19.8 Å². The first kappa shape index (κ1) is 15.9. The standard InChI is InChI=1S/C14H30N2O2/c1-11(2)7-12(8-16(5)6)15-13-9-17-14(3,4)18-10-13/h11-13,15H,7-10H2,1-6H3. The fourth-order valence-electron chi connectivity index (χ4n) is 2.33. The number of hydrogen-bond donors (Lipinski definition) is 1. The zero-order chi connectivity index (χ0) is 13.8. The lowest BCUT2D eigenvalue weighted by Gasteiger charge is -2.37. The molecule has 1 atom stereocenters. The van der Waals surface area contributed by atoms with Gasteiger partial charge in [0.25, 0.3) is 0 Å². The van der Waals surface area contributed by atoms with Gasteiger partial charge in [0, 0.05) is 12.6 Å². The van der Waals surface area contributed by atoms with E-state index >= 15 is 0 Å². The molecule has 0 amide bonds. The van der Waals surface area contributed by atoms with E-state index in [4.69, 9.17) is 9.47 Å². The van der Waals surface area contributed by atoms with Crippen molar-refractivity contribution in [3.8, 4) is 0 Å². The van der Waals surface area contributed by atoms with E-state index in [9.17, 15) is 0 Å². The van der Waals surface area contributed by atoms with Gasteiger partial charge >= 0.3 is 0 Å². The number of rotatable bonds is 6.